The molecule has 28 heavy (non-hydrogen) atoms. The first-order valence-electron chi connectivity index (χ1n) is 8.26. The van der Waals surface area contributed by atoms with Crippen molar-refractivity contribution < 1.29 is 18.8 Å². The van der Waals surface area contributed by atoms with Gasteiger partial charge in [-0.3, -0.25) is 14.4 Å². The lowest BCUT2D eigenvalue weighted by molar-refractivity contribution is -0.114. The van der Waals surface area contributed by atoms with Crippen molar-refractivity contribution in [3.05, 3.63) is 76.2 Å². The molecule has 0 aliphatic heterocycles. The molecule has 0 fully saturated rings. The molecule has 1 heterocycles. The number of carbonyl (C=O) groups excluding carboxylic acids is 3. The summed E-state index contributed by atoms with van der Waals surface area (Å²) in [6.07, 6.45) is 0. The van der Waals surface area contributed by atoms with Crippen LogP contribution in [0.25, 0.3) is 0 Å². The molecule has 8 heteroatoms. The number of thiophene rings is 1. The van der Waals surface area contributed by atoms with Gasteiger partial charge in [0.15, 0.2) is 0 Å². The number of hydrogen-bond acceptors (Lipinski definition) is 4. The summed E-state index contributed by atoms with van der Waals surface area (Å²) in [4.78, 5) is 36.1. The molecule has 0 aliphatic carbocycles. The minimum absolute atomic E-state index is 0.0497. The normalized spacial score (nSPS) is 10.2. The minimum Gasteiger partial charge on any atom is -0.326 e. The van der Waals surface area contributed by atoms with Crippen LogP contribution in [-0.4, -0.2) is 17.7 Å². The zero-order chi connectivity index (χ0) is 20.1. The van der Waals surface area contributed by atoms with E-state index in [1.165, 1.54) is 42.5 Å². The highest BCUT2D eigenvalue weighted by Gasteiger charge is 2.12. The standard InChI is InChI=1S/C20H16FN3O3S/c1-12(25)22-15-8-9-16(21)17(11-15)24-19(26)13-4-6-14(7-5-13)23-20(27)18-3-2-10-28-18/h2-11H,1H3,(H,22,25)(H,23,27)(H,24,26). The molecule has 3 rings (SSSR count). The summed E-state index contributed by atoms with van der Waals surface area (Å²) in [6, 6.07) is 13.6. The molecule has 1 aromatic heterocycles. The van der Waals surface area contributed by atoms with Crippen LogP contribution in [0, 0.1) is 5.82 Å². The maximum Gasteiger partial charge on any atom is 0.265 e. The third-order valence-electron chi connectivity index (χ3n) is 3.68. The molecule has 0 radical (unpaired) electrons. The Bertz CT molecular complexity index is 1020. The van der Waals surface area contributed by atoms with Crippen LogP contribution in [0.2, 0.25) is 0 Å². The Labute approximate surface area is 164 Å². The summed E-state index contributed by atoms with van der Waals surface area (Å²) in [6.45, 7) is 1.33. The highest BCUT2D eigenvalue weighted by molar-refractivity contribution is 7.12. The number of benzene rings is 2. The maximum absolute atomic E-state index is 14.0. The first-order chi connectivity index (χ1) is 13.4. The van der Waals surface area contributed by atoms with E-state index in [-0.39, 0.29) is 17.5 Å². The highest BCUT2D eigenvalue weighted by Crippen LogP contribution is 2.21. The number of hydrogen-bond donors (Lipinski definition) is 3. The fourth-order valence-electron chi connectivity index (χ4n) is 2.40. The van der Waals surface area contributed by atoms with Gasteiger partial charge in [0, 0.05) is 23.9 Å². The van der Waals surface area contributed by atoms with Crippen LogP contribution in [0.3, 0.4) is 0 Å². The monoisotopic (exact) mass is 397 g/mol. The summed E-state index contributed by atoms with van der Waals surface area (Å²) in [5.74, 6) is -1.68. The van der Waals surface area contributed by atoms with E-state index in [1.807, 2.05) is 5.38 Å². The lowest BCUT2D eigenvalue weighted by Gasteiger charge is -2.10. The van der Waals surface area contributed by atoms with Crippen molar-refractivity contribution in [1.82, 2.24) is 0 Å². The predicted molar refractivity (Wildman–Crippen MR) is 107 cm³/mol. The molecule has 0 spiro atoms. The average molecular weight is 397 g/mol. The van der Waals surface area contributed by atoms with Gasteiger partial charge in [0.2, 0.25) is 5.91 Å². The van der Waals surface area contributed by atoms with Gasteiger partial charge >= 0.3 is 0 Å². The topological polar surface area (TPSA) is 87.3 Å². The van der Waals surface area contributed by atoms with Crippen LogP contribution < -0.4 is 16.0 Å². The third-order valence-corrected chi connectivity index (χ3v) is 4.55. The Hall–Kier alpha value is -3.52. The number of carbonyl (C=O) groups is 3. The van der Waals surface area contributed by atoms with Gasteiger partial charge in [-0.15, -0.1) is 11.3 Å². The molecule has 6 nitrogen and oxygen atoms in total. The molecule has 0 aliphatic rings. The molecule has 3 N–H and O–H groups in total. The second-order valence-corrected chi connectivity index (χ2v) is 6.79. The summed E-state index contributed by atoms with van der Waals surface area (Å²) in [5, 5.41) is 9.54. The molecule has 3 aromatic rings. The molecule has 0 atom stereocenters. The van der Waals surface area contributed by atoms with Gasteiger partial charge in [0.1, 0.15) is 5.82 Å². The van der Waals surface area contributed by atoms with E-state index in [2.05, 4.69) is 16.0 Å². The fourth-order valence-corrected chi connectivity index (χ4v) is 3.02. The van der Waals surface area contributed by atoms with Crippen LogP contribution in [-0.2, 0) is 4.79 Å². The predicted octanol–water partition coefficient (Wildman–Crippen LogP) is 4.35. The van der Waals surface area contributed by atoms with E-state index in [4.69, 9.17) is 0 Å². The van der Waals surface area contributed by atoms with Gasteiger partial charge in [-0.1, -0.05) is 6.07 Å². The van der Waals surface area contributed by atoms with Crippen molar-refractivity contribution in [3.8, 4) is 0 Å². The molecule has 0 saturated carbocycles. The van der Waals surface area contributed by atoms with E-state index >= 15 is 0 Å². The van der Waals surface area contributed by atoms with Crippen LogP contribution in [0.15, 0.2) is 60.0 Å². The molecule has 0 bridgehead atoms. The molecular weight excluding hydrogens is 381 g/mol. The molecule has 2 aromatic carbocycles. The van der Waals surface area contributed by atoms with Crippen molar-refractivity contribution in [1.29, 1.82) is 0 Å². The van der Waals surface area contributed by atoms with E-state index in [0.29, 0.717) is 21.8 Å². The summed E-state index contributed by atoms with van der Waals surface area (Å²) in [7, 11) is 0. The molecule has 142 valence electrons. The third kappa shape index (κ3) is 4.80. The van der Waals surface area contributed by atoms with Crippen LogP contribution in [0.4, 0.5) is 21.5 Å². The number of halogens is 1. The van der Waals surface area contributed by atoms with Crippen molar-refractivity contribution in [3.63, 3.8) is 0 Å². The zero-order valence-electron chi connectivity index (χ0n) is 14.8. The van der Waals surface area contributed by atoms with Crippen molar-refractivity contribution in [2.24, 2.45) is 0 Å². The fraction of sp³-hybridized carbons (Fsp3) is 0.0500. The van der Waals surface area contributed by atoms with Crippen LogP contribution in [0.1, 0.15) is 27.0 Å². The summed E-state index contributed by atoms with van der Waals surface area (Å²) < 4.78 is 14.0. The molecule has 0 saturated heterocycles. The van der Waals surface area contributed by atoms with E-state index in [9.17, 15) is 18.8 Å². The Morgan fingerprint density at radius 1 is 0.857 bits per heavy atom. The summed E-state index contributed by atoms with van der Waals surface area (Å²) >= 11 is 1.33. The average Bonchev–Trinajstić information content (AvgIpc) is 3.19. The van der Waals surface area contributed by atoms with Gasteiger partial charge in [0.05, 0.1) is 10.6 Å². The highest BCUT2D eigenvalue weighted by atomic mass is 32.1. The van der Waals surface area contributed by atoms with Crippen LogP contribution in [0.5, 0.6) is 0 Å². The zero-order valence-corrected chi connectivity index (χ0v) is 15.6. The Kier molecular flexibility index (Phi) is 5.81. The molecule has 0 unspecified atom stereocenters. The quantitative estimate of drug-likeness (QED) is 0.598. The van der Waals surface area contributed by atoms with Crippen molar-refractivity contribution >= 4 is 46.1 Å². The van der Waals surface area contributed by atoms with E-state index in [0.717, 1.165) is 6.07 Å². The first-order valence-corrected chi connectivity index (χ1v) is 9.14. The molecule has 3 amide bonds. The Balaban J connectivity index is 1.68. The van der Waals surface area contributed by atoms with Gasteiger partial charge in [-0.2, -0.15) is 0 Å². The SMILES string of the molecule is CC(=O)Nc1ccc(F)c(NC(=O)c2ccc(NC(=O)c3cccs3)cc2)c1. The van der Waals surface area contributed by atoms with Crippen LogP contribution >= 0.6 is 11.3 Å². The van der Waals surface area contributed by atoms with Gasteiger partial charge < -0.3 is 16.0 Å². The smallest absolute Gasteiger partial charge is 0.265 e. The Morgan fingerprint density at radius 3 is 2.21 bits per heavy atom. The molecular formula is C20H16FN3O3S. The van der Waals surface area contributed by atoms with Gasteiger partial charge in [0.25, 0.3) is 11.8 Å². The summed E-state index contributed by atoms with van der Waals surface area (Å²) in [5.41, 5.74) is 1.15. The second-order valence-electron chi connectivity index (χ2n) is 5.84. The van der Waals surface area contributed by atoms with Gasteiger partial charge in [-0.25, -0.2) is 4.39 Å². The second kappa shape index (κ2) is 8.45. The number of rotatable bonds is 5. The van der Waals surface area contributed by atoms with Crippen molar-refractivity contribution in [2.75, 3.05) is 16.0 Å². The van der Waals surface area contributed by atoms with Crippen molar-refractivity contribution in [2.45, 2.75) is 6.92 Å². The lowest BCUT2D eigenvalue weighted by Crippen LogP contribution is -2.14. The van der Waals surface area contributed by atoms with E-state index in [1.54, 1.807) is 24.3 Å². The first kappa shape index (κ1) is 19.2. The number of anilines is 3. The van der Waals surface area contributed by atoms with E-state index < -0.39 is 11.7 Å². The number of nitrogens with one attached hydrogen (secondary N) is 3. The maximum atomic E-state index is 14.0. The Morgan fingerprint density at radius 2 is 1.57 bits per heavy atom. The minimum atomic E-state index is -0.623. The largest absolute Gasteiger partial charge is 0.326 e. The van der Waals surface area contributed by atoms with Gasteiger partial charge in [-0.05, 0) is 53.9 Å². The number of amides is 3. The lowest BCUT2D eigenvalue weighted by atomic mass is 10.1.